The number of allylic oxidation sites excluding steroid dienone is 1. The van der Waals surface area contributed by atoms with Crippen LogP contribution in [0.5, 0.6) is 5.75 Å². The lowest BCUT2D eigenvalue weighted by molar-refractivity contribution is 0.0992. The van der Waals surface area contributed by atoms with E-state index in [1.807, 2.05) is 26.0 Å². The molecule has 0 aliphatic carbocycles. The van der Waals surface area contributed by atoms with E-state index in [4.69, 9.17) is 21.9 Å². The molecule has 4 rings (SSSR count). The number of carbonyl (C=O) groups is 3. The molecule has 208 valence electrons. The predicted octanol–water partition coefficient (Wildman–Crippen LogP) is 2.27. The molecule has 4 aromatic rings. The van der Waals surface area contributed by atoms with E-state index in [0.29, 0.717) is 64.7 Å². The van der Waals surface area contributed by atoms with Crippen molar-refractivity contribution in [3.63, 3.8) is 0 Å². The SMILES string of the molecule is CCn1nc(C)cc1C(=O)Nc1nc2cc(C(N)=O)cc(OC)c2n1C/C=C/CNc1ccc(C(N)=O)cc1N. The molecule has 0 radical (unpaired) electrons. The molecule has 40 heavy (non-hydrogen) atoms. The standard InChI is InChI=1S/C27H31N9O4/c1-4-36-21(11-15(2)34-36)26(39)33-27-32-20-13-17(25(30)38)14-22(40-3)23(20)35(27)10-6-5-9-31-19-8-7-16(24(29)37)12-18(19)28/h5-8,11-14,31H,4,9-10,28H2,1-3H3,(H2,29,37)(H2,30,38)(H,32,33,39)/b6-5+. The summed E-state index contributed by atoms with van der Waals surface area (Å²) >= 11 is 0. The number of rotatable bonds is 11. The maximum absolute atomic E-state index is 13.2. The lowest BCUT2D eigenvalue weighted by Crippen LogP contribution is -2.20. The van der Waals surface area contributed by atoms with E-state index in [2.05, 4.69) is 20.7 Å². The number of nitrogens with one attached hydrogen (secondary N) is 2. The Morgan fingerprint density at radius 3 is 2.45 bits per heavy atom. The Hall–Kier alpha value is -5.33. The third-order valence-electron chi connectivity index (χ3n) is 6.17. The fourth-order valence-electron chi connectivity index (χ4n) is 4.25. The third kappa shape index (κ3) is 5.72. The van der Waals surface area contributed by atoms with E-state index in [1.165, 1.54) is 19.2 Å². The van der Waals surface area contributed by atoms with Gasteiger partial charge in [0.25, 0.3) is 5.91 Å². The van der Waals surface area contributed by atoms with Gasteiger partial charge in [0.15, 0.2) is 0 Å². The summed E-state index contributed by atoms with van der Waals surface area (Å²) in [5.74, 6) is -0.931. The topological polar surface area (TPSA) is 198 Å². The second-order valence-electron chi connectivity index (χ2n) is 8.92. The molecule has 0 fully saturated rings. The van der Waals surface area contributed by atoms with E-state index < -0.39 is 11.8 Å². The summed E-state index contributed by atoms with van der Waals surface area (Å²) in [7, 11) is 1.48. The lowest BCUT2D eigenvalue weighted by Gasteiger charge is -2.11. The van der Waals surface area contributed by atoms with Crippen LogP contribution in [-0.4, -0.2) is 50.7 Å². The third-order valence-corrected chi connectivity index (χ3v) is 6.17. The Morgan fingerprint density at radius 2 is 1.80 bits per heavy atom. The number of fused-ring (bicyclic) bond motifs is 1. The Kier molecular flexibility index (Phi) is 8.03. The van der Waals surface area contributed by atoms with Crippen molar-refractivity contribution >= 4 is 46.1 Å². The number of primary amides is 2. The highest BCUT2D eigenvalue weighted by Gasteiger charge is 2.21. The lowest BCUT2D eigenvalue weighted by atomic mass is 10.1. The molecule has 0 saturated heterocycles. The number of nitrogens with zero attached hydrogens (tertiary/aromatic N) is 4. The quantitative estimate of drug-likeness (QED) is 0.140. The minimum absolute atomic E-state index is 0.228. The summed E-state index contributed by atoms with van der Waals surface area (Å²) in [6.07, 6.45) is 3.75. The number of anilines is 3. The fraction of sp³-hybridized carbons (Fsp3) is 0.222. The first-order chi connectivity index (χ1) is 19.1. The number of hydrogen-bond donors (Lipinski definition) is 5. The molecular formula is C27H31N9O4. The molecular weight excluding hydrogens is 514 g/mol. The Balaban J connectivity index is 1.62. The number of benzene rings is 2. The number of methoxy groups -OCH3 is 1. The number of nitrogens with two attached hydrogens (primary N) is 3. The van der Waals surface area contributed by atoms with Crippen molar-refractivity contribution in [1.29, 1.82) is 0 Å². The van der Waals surface area contributed by atoms with Crippen molar-refractivity contribution < 1.29 is 19.1 Å². The molecule has 2 aromatic heterocycles. The van der Waals surface area contributed by atoms with E-state index >= 15 is 0 Å². The highest BCUT2D eigenvalue weighted by atomic mass is 16.5. The van der Waals surface area contributed by atoms with Crippen LogP contribution in [0.3, 0.4) is 0 Å². The number of amides is 3. The Morgan fingerprint density at radius 1 is 1.05 bits per heavy atom. The molecule has 13 nitrogen and oxygen atoms in total. The Bertz CT molecular complexity index is 1630. The molecule has 0 saturated carbocycles. The molecule has 0 atom stereocenters. The second kappa shape index (κ2) is 11.6. The van der Waals surface area contributed by atoms with Gasteiger partial charge < -0.3 is 31.8 Å². The summed E-state index contributed by atoms with van der Waals surface area (Å²) in [5, 5.41) is 10.4. The number of nitrogen functional groups attached to an aromatic ring is 1. The number of ether oxygens (including phenoxy) is 1. The first-order valence-corrected chi connectivity index (χ1v) is 12.4. The average molecular weight is 546 g/mol. The van der Waals surface area contributed by atoms with E-state index in [1.54, 1.807) is 33.5 Å². The number of hydrogen-bond acceptors (Lipinski definition) is 8. The van der Waals surface area contributed by atoms with Gasteiger partial charge in [-0.1, -0.05) is 12.2 Å². The van der Waals surface area contributed by atoms with Crippen molar-refractivity contribution in [3.8, 4) is 5.75 Å². The van der Waals surface area contributed by atoms with E-state index in [9.17, 15) is 14.4 Å². The van der Waals surface area contributed by atoms with Gasteiger partial charge in [0.2, 0.25) is 17.8 Å². The van der Waals surface area contributed by atoms with Crippen molar-refractivity contribution in [2.75, 3.05) is 30.0 Å². The van der Waals surface area contributed by atoms with Gasteiger partial charge in [0.1, 0.15) is 17.0 Å². The molecule has 0 aliphatic rings. The zero-order valence-electron chi connectivity index (χ0n) is 22.4. The molecule has 3 amide bonds. The fourth-order valence-corrected chi connectivity index (χ4v) is 4.25. The van der Waals surface area contributed by atoms with Gasteiger partial charge in [0, 0.05) is 30.8 Å². The van der Waals surface area contributed by atoms with Gasteiger partial charge in [-0.25, -0.2) is 4.98 Å². The van der Waals surface area contributed by atoms with Crippen LogP contribution in [0.1, 0.15) is 43.8 Å². The molecule has 13 heteroatoms. The molecule has 2 heterocycles. The maximum atomic E-state index is 13.2. The zero-order valence-corrected chi connectivity index (χ0v) is 22.4. The Labute approximate surface area is 230 Å². The van der Waals surface area contributed by atoms with Gasteiger partial charge in [0.05, 0.1) is 29.7 Å². The number of imidazole rings is 1. The van der Waals surface area contributed by atoms with Crippen LogP contribution in [0, 0.1) is 6.92 Å². The number of carbonyl (C=O) groups excluding carboxylic acids is 3. The number of aromatic nitrogens is 4. The largest absolute Gasteiger partial charge is 0.494 e. The van der Waals surface area contributed by atoms with Crippen molar-refractivity contribution in [2.24, 2.45) is 11.5 Å². The molecule has 8 N–H and O–H groups in total. The molecule has 2 aromatic carbocycles. The average Bonchev–Trinajstić information content (AvgIpc) is 3.47. The van der Waals surface area contributed by atoms with Crippen LogP contribution in [-0.2, 0) is 13.1 Å². The van der Waals surface area contributed by atoms with Crippen LogP contribution in [0.15, 0.2) is 48.6 Å². The molecule has 0 aliphatic heterocycles. The van der Waals surface area contributed by atoms with Gasteiger partial charge in [-0.2, -0.15) is 5.10 Å². The normalized spacial score (nSPS) is 11.2. The molecule has 0 unspecified atom stereocenters. The van der Waals surface area contributed by atoms with Gasteiger partial charge in [-0.05, 0) is 50.2 Å². The summed E-state index contributed by atoms with van der Waals surface area (Å²) < 4.78 is 8.92. The zero-order chi connectivity index (χ0) is 29.0. The summed E-state index contributed by atoms with van der Waals surface area (Å²) in [4.78, 5) is 41.0. The van der Waals surface area contributed by atoms with E-state index in [-0.39, 0.29) is 17.4 Å². The molecule has 0 bridgehead atoms. The van der Waals surface area contributed by atoms with Gasteiger partial charge in [-0.3, -0.25) is 24.4 Å². The first kappa shape index (κ1) is 27.7. The van der Waals surface area contributed by atoms with E-state index in [0.717, 1.165) is 0 Å². The van der Waals surface area contributed by atoms with Crippen molar-refractivity contribution in [1.82, 2.24) is 19.3 Å². The van der Waals surface area contributed by atoms with Gasteiger partial charge in [-0.15, -0.1) is 0 Å². The second-order valence-corrected chi connectivity index (χ2v) is 8.92. The summed E-state index contributed by atoms with van der Waals surface area (Å²) in [5.41, 5.74) is 20.5. The summed E-state index contributed by atoms with van der Waals surface area (Å²) in [6.45, 7) is 4.96. The smallest absolute Gasteiger partial charge is 0.276 e. The van der Waals surface area contributed by atoms with Crippen LogP contribution in [0.25, 0.3) is 11.0 Å². The summed E-state index contributed by atoms with van der Waals surface area (Å²) in [6, 6.07) is 9.58. The number of aryl methyl sites for hydroxylation is 2. The predicted molar refractivity (Wildman–Crippen MR) is 152 cm³/mol. The maximum Gasteiger partial charge on any atom is 0.276 e. The highest BCUT2D eigenvalue weighted by molar-refractivity contribution is 6.04. The highest BCUT2D eigenvalue weighted by Crippen LogP contribution is 2.31. The van der Waals surface area contributed by atoms with Crippen LogP contribution in [0.2, 0.25) is 0 Å². The van der Waals surface area contributed by atoms with Crippen LogP contribution in [0.4, 0.5) is 17.3 Å². The van der Waals surface area contributed by atoms with Crippen LogP contribution < -0.4 is 32.6 Å². The van der Waals surface area contributed by atoms with Crippen molar-refractivity contribution in [3.05, 3.63) is 71.1 Å². The molecule has 0 spiro atoms. The minimum atomic E-state index is -0.628. The van der Waals surface area contributed by atoms with Gasteiger partial charge >= 0.3 is 0 Å². The monoisotopic (exact) mass is 545 g/mol. The van der Waals surface area contributed by atoms with Crippen LogP contribution >= 0.6 is 0 Å². The first-order valence-electron chi connectivity index (χ1n) is 12.4. The minimum Gasteiger partial charge on any atom is -0.494 e. The van der Waals surface area contributed by atoms with Crippen molar-refractivity contribution in [2.45, 2.75) is 26.9 Å².